The maximum absolute atomic E-state index is 12.9. The molecule has 0 saturated carbocycles. The molecule has 1 rings (SSSR count). The van der Waals surface area contributed by atoms with Crippen molar-refractivity contribution in [1.29, 1.82) is 0 Å². The van der Waals surface area contributed by atoms with Gasteiger partial charge in [0.25, 0.3) is 0 Å². The minimum absolute atomic E-state index is 0. The van der Waals surface area contributed by atoms with Gasteiger partial charge >= 0.3 is 41.5 Å². The monoisotopic (exact) mass is 656 g/mol. The third-order valence-corrected chi connectivity index (χ3v) is 8.38. The standard InChI is InChI=1S/C36H58O7S.Na/c1-3-5-7-9-11-13-15-17-19-21-23-25-30-42-35(37)32-28-27-29-33(44(39,40)41)34(32)36(38)43-31-26-24-22-20-18-16-14-12-10-8-6-4-2;/h17-20,27-29H,3-16,21-26,30-31H2,1-2H3,(H,39,40,41);/q;+1/p-1/b19-17+,20-18+;. The molecule has 0 atom stereocenters. The quantitative estimate of drug-likeness (QED) is 0.0335. The summed E-state index contributed by atoms with van der Waals surface area (Å²) in [6.45, 7) is 4.61. The van der Waals surface area contributed by atoms with Gasteiger partial charge in [-0.2, -0.15) is 0 Å². The molecule has 9 heteroatoms. The van der Waals surface area contributed by atoms with Crippen molar-refractivity contribution < 1.29 is 61.6 Å². The molecule has 45 heavy (non-hydrogen) atoms. The van der Waals surface area contributed by atoms with Crippen molar-refractivity contribution >= 4 is 22.1 Å². The molecule has 0 fully saturated rings. The zero-order valence-corrected chi connectivity index (χ0v) is 31.2. The molecule has 7 nitrogen and oxygen atoms in total. The van der Waals surface area contributed by atoms with Gasteiger partial charge in [-0.1, -0.05) is 108 Å². The van der Waals surface area contributed by atoms with Crippen LogP contribution in [0, 0.1) is 0 Å². The van der Waals surface area contributed by atoms with E-state index in [1.54, 1.807) is 0 Å². The molecule has 0 amide bonds. The summed E-state index contributed by atoms with van der Waals surface area (Å²) in [5.41, 5.74) is -0.827. The van der Waals surface area contributed by atoms with Crippen LogP contribution < -0.4 is 29.6 Å². The summed E-state index contributed by atoms with van der Waals surface area (Å²) < 4.78 is 46.2. The number of carbonyl (C=O) groups excluding carboxylic acids is 2. The van der Waals surface area contributed by atoms with Crippen LogP contribution in [0.3, 0.4) is 0 Å². The van der Waals surface area contributed by atoms with E-state index in [0.717, 1.165) is 44.6 Å². The van der Waals surface area contributed by atoms with Gasteiger partial charge in [-0.3, -0.25) is 0 Å². The van der Waals surface area contributed by atoms with Crippen LogP contribution in [0.1, 0.15) is 163 Å². The number of carbonyl (C=O) groups is 2. The third-order valence-electron chi connectivity index (χ3n) is 7.50. The Bertz CT molecular complexity index is 1080. The Hall–Kier alpha value is -1.45. The Balaban J connectivity index is 0.0000194. The summed E-state index contributed by atoms with van der Waals surface area (Å²) in [5.74, 6) is -1.86. The van der Waals surface area contributed by atoms with Gasteiger partial charge in [0.2, 0.25) is 0 Å². The molecule has 0 radical (unpaired) electrons. The molecule has 1 aromatic carbocycles. The summed E-state index contributed by atoms with van der Waals surface area (Å²) in [6, 6.07) is 3.55. The topological polar surface area (TPSA) is 110 Å². The molecule has 0 saturated heterocycles. The fourth-order valence-corrected chi connectivity index (χ4v) is 5.57. The first-order chi connectivity index (χ1) is 21.3. The van der Waals surface area contributed by atoms with Gasteiger partial charge in [-0.25, -0.2) is 18.0 Å². The first-order valence-corrected chi connectivity index (χ1v) is 18.5. The van der Waals surface area contributed by atoms with E-state index in [0.29, 0.717) is 12.8 Å². The second-order valence-corrected chi connectivity index (χ2v) is 12.8. The van der Waals surface area contributed by atoms with Crippen LogP contribution >= 0.6 is 0 Å². The van der Waals surface area contributed by atoms with Crippen molar-refractivity contribution in [3.05, 3.63) is 53.6 Å². The number of unbranched alkanes of at least 4 members (excludes halogenated alkanes) is 16. The molecule has 0 aliphatic rings. The number of rotatable bonds is 27. The minimum atomic E-state index is -5.02. The second-order valence-electron chi connectivity index (χ2n) is 11.5. The Morgan fingerprint density at radius 2 is 1.02 bits per heavy atom. The number of allylic oxidation sites excluding steroid dienone is 4. The molecular formula is C36H57NaO7S. The maximum Gasteiger partial charge on any atom is 1.00 e. The smallest absolute Gasteiger partial charge is 0.744 e. The number of benzene rings is 1. The van der Waals surface area contributed by atoms with E-state index >= 15 is 0 Å². The average Bonchev–Trinajstić information content (AvgIpc) is 3.00. The van der Waals surface area contributed by atoms with Crippen LogP contribution in [-0.2, 0) is 19.6 Å². The van der Waals surface area contributed by atoms with Gasteiger partial charge in [0, 0.05) is 0 Å². The molecule has 0 spiro atoms. The number of hydrogen-bond donors (Lipinski definition) is 0. The molecular weight excluding hydrogens is 599 g/mol. The van der Waals surface area contributed by atoms with Gasteiger partial charge in [0.1, 0.15) is 10.1 Å². The molecule has 1 aromatic rings. The SMILES string of the molecule is CCCCCCCC/C=C/CCCCOC(=O)c1cccc(S(=O)(=O)[O-])c1C(=O)OCCCC/C=C/CCCCCCCC.[Na+]. The summed E-state index contributed by atoms with van der Waals surface area (Å²) in [6.07, 6.45) is 30.7. The van der Waals surface area contributed by atoms with Crippen LogP contribution in [-0.4, -0.2) is 38.1 Å². The zero-order chi connectivity index (χ0) is 32.3. The van der Waals surface area contributed by atoms with Crippen molar-refractivity contribution in [2.24, 2.45) is 0 Å². The molecule has 0 aromatic heterocycles. The first kappa shape index (κ1) is 43.5. The summed E-state index contributed by atoms with van der Waals surface area (Å²) in [7, 11) is -5.02. The summed E-state index contributed by atoms with van der Waals surface area (Å²) >= 11 is 0. The zero-order valence-electron chi connectivity index (χ0n) is 28.4. The van der Waals surface area contributed by atoms with Crippen molar-refractivity contribution in [3.8, 4) is 0 Å². The van der Waals surface area contributed by atoms with Gasteiger partial charge in [-0.05, 0) is 76.3 Å². The van der Waals surface area contributed by atoms with E-state index in [9.17, 15) is 22.6 Å². The van der Waals surface area contributed by atoms with E-state index in [2.05, 4.69) is 38.2 Å². The largest absolute Gasteiger partial charge is 1.00 e. The van der Waals surface area contributed by atoms with Crippen molar-refractivity contribution in [1.82, 2.24) is 0 Å². The maximum atomic E-state index is 12.9. The normalized spacial score (nSPS) is 11.6. The molecule has 0 N–H and O–H groups in total. The molecule has 0 bridgehead atoms. The van der Waals surface area contributed by atoms with E-state index < -0.39 is 32.5 Å². The minimum Gasteiger partial charge on any atom is -0.744 e. The fraction of sp³-hybridized carbons (Fsp3) is 0.667. The van der Waals surface area contributed by atoms with Crippen LogP contribution in [0.4, 0.5) is 0 Å². The predicted octanol–water partition coefficient (Wildman–Crippen LogP) is 6.86. The first-order valence-electron chi connectivity index (χ1n) is 17.1. The van der Waals surface area contributed by atoms with Crippen molar-refractivity contribution in [2.45, 2.75) is 147 Å². The Morgan fingerprint density at radius 3 is 1.47 bits per heavy atom. The molecule has 0 unspecified atom stereocenters. The van der Waals surface area contributed by atoms with Crippen LogP contribution in [0.25, 0.3) is 0 Å². The van der Waals surface area contributed by atoms with E-state index in [1.807, 2.05) is 0 Å². The number of ether oxygens (including phenoxy) is 2. The predicted molar refractivity (Wildman–Crippen MR) is 177 cm³/mol. The van der Waals surface area contributed by atoms with Crippen molar-refractivity contribution in [3.63, 3.8) is 0 Å². The molecule has 0 heterocycles. The van der Waals surface area contributed by atoms with Crippen LogP contribution in [0.2, 0.25) is 0 Å². The number of hydrogen-bond acceptors (Lipinski definition) is 7. The van der Waals surface area contributed by atoms with Gasteiger partial charge in [0.05, 0.1) is 29.2 Å². The average molecular weight is 657 g/mol. The Kier molecular flexibility index (Phi) is 27.8. The van der Waals surface area contributed by atoms with Gasteiger partial charge in [-0.15, -0.1) is 0 Å². The van der Waals surface area contributed by atoms with E-state index in [-0.39, 0.29) is 48.3 Å². The van der Waals surface area contributed by atoms with Crippen LogP contribution in [0.5, 0.6) is 0 Å². The van der Waals surface area contributed by atoms with Gasteiger partial charge < -0.3 is 14.0 Å². The summed E-state index contributed by atoms with van der Waals surface area (Å²) in [5, 5.41) is 0. The molecule has 0 aliphatic heterocycles. The van der Waals surface area contributed by atoms with Crippen molar-refractivity contribution in [2.75, 3.05) is 13.2 Å². The number of esters is 2. The second kappa shape index (κ2) is 28.7. The van der Waals surface area contributed by atoms with Gasteiger partial charge in [0.15, 0.2) is 0 Å². The van der Waals surface area contributed by atoms with E-state index in [1.165, 1.54) is 89.2 Å². The van der Waals surface area contributed by atoms with E-state index in [4.69, 9.17) is 9.47 Å². The Morgan fingerprint density at radius 1 is 0.622 bits per heavy atom. The van der Waals surface area contributed by atoms with Crippen LogP contribution in [0.15, 0.2) is 47.4 Å². The summed E-state index contributed by atoms with van der Waals surface area (Å²) in [4.78, 5) is 24.9. The molecule has 0 aliphatic carbocycles. The molecule has 250 valence electrons. The fourth-order valence-electron chi connectivity index (χ4n) is 4.88. The Labute approximate surface area is 296 Å². The third kappa shape index (κ3) is 21.9.